The van der Waals surface area contributed by atoms with Crippen LogP contribution in [0.2, 0.25) is 0 Å². The van der Waals surface area contributed by atoms with Crippen LogP contribution in [0.5, 0.6) is 0 Å². The van der Waals surface area contributed by atoms with E-state index >= 15 is 0 Å². The molecular formula is C21H26O. The molecule has 0 aliphatic rings. The zero-order chi connectivity index (χ0) is 16.5. The molecule has 2 aromatic rings. The molecule has 0 saturated heterocycles. The Morgan fingerprint density at radius 3 is 1.91 bits per heavy atom. The van der Waals surface area contributed by atoms with E-state index < -0.39 is 0 Å². The van der Waals surface area contributed by atoms with Gasteiger partial charge < -0.3 is 0 Å². The van der Waals surface area contributed by atoms with Gasteiger partial charge in [0.1, 0.15) is 0 Å². The number of carbonyl (C=O) groups excluding carboxylic acids is 1. The van der Waals surface area contributed by atoms with E-state index in [4.69, 9.17) is 0 Å². The lowest BCUT2D eigenvalue weighted by Crippen LogP contribution is -1.97. The Kier molecular flexibility index (Phi) is 7.31. The van der Waals surface area contributed by atoms with Gasteiger partial charge in [0.15, 0.2) is 5.78 Å². The predicted molar refractivity (Wildman–Crippen MR) is 96.4 cm³/mol. The molecule has 116 valence electrons. The van der Waals surface area contributed by atoms with Crippen LogP contribution >= 0.6 is 0 Å². The summed E-state index contributed by atoms with van der Waals surface area (Å²) in [6.45, 7) is 10.1. The third kappa shape index (κ3) is 5.69. The number of benzene rings is 2. The normalized spacial score (nSPS) is 10.2. The molecule has 0 heterocycles. The fraction of sp³-hybridized carbons (Fsp3) is 0.286. The summed E-state index contributed by atoms with van der Waals surface area (Å²) in [6.07, 6.45) is 4.63. The first-order valence-electron chi connectivity index (χ1n) is 7.77. The summed E-state index contributed by atoms with van der Waals surface area (Å²) in [6, 6.07) is 14.3. The fourth-order valence-corrected chi connectivity index (χ4v) is 2.06. The summed E-state index contributed by atoms with van der Waals surface area (Å²) in [4.78, 5) is 11.4. The van der Waals surface area contributed by atoms with Gasteiger partial charge in [-0.2, -0.15) is 0 Å². The Morgan fingerprint density at radius 2 is 1.50 bits per heavy atom. The number of rotatable bonds is 3. The second-order valence-corrected chi connectivity index (χ2v) is 5.50. The third-order valence-corrected chi connectivity index (χ3v) is 3.48. The van der Waals surface area contributed by atoms with Crippen LogP contribution in [-0.4, -0.2) is 5.78 Å². The van der Waals surface area contributed by atoms with Gasteiger partial charge in [-0.05, 0) is 44.9 Å². The van der Waals surface area contributed by atoms with Crippen molar-refractivity contribution in [2.24, 2.45) is 0 Å². The zero-order valence-electron chi connectivity index (χ0n) is 14.3. The molecule has 2 rings (SSSR count). The number of hydrogen-bond acceptors (Lipinski definition) is 1. The Morgan fingerprint density at radius 1 is 0.955 bits per heavy atom. The molecule has 0 radical (unpaired) electrons. The highest BCUT2D eigenvalue weighted by Gasteiger charge is 2.03. The monoisotopic (exact) mass is 294 g/mol. The summed E-state index contributed by atoms with van der Waals surface area (Å²) < 4.78 is 0. The Balaban J connectivity index is 0.000000255. The van der Waals surface area contributed by atoms with Gasteiger partial charge in [-0.15, -0.1) is 0 Å². The van der Waals surface area contributed by atoms with Gasteiger partial charge in [-0.25, -0.2) is 0 Å². The van der Waals surface area contributed by atoms with Crippen molar-refractivity contribution >= 4 is 11.9 Å². The molecular weight excluding hydrogens is 268 g/mol. The van der Waals surface area contributed by atoms with Crippen LogP contribution in [0, 0.1) is 20.8 Å². The molecule has 0 saturated carbocycles. The van der Waals surface area contributed by atoms with E-state index in [0.29, 0.717) is 6.42 Å². The Bertz CT molecular complexity index is 612. The maximum Gasteiger partial charge on any atom is 0.162 e. The van der Waals surface area contributed by atoms with Crippen LogP contribution < -0.4 is 0 Å². The van der Waals surface area contributed by atoms with Crippen molar-refractivity contribution < 1.29 is 4.79 Å². The summed E-state index contributed by atoms with van der Waals surface area (Å²) in [7, 11) is 0. The van der Waals surface area contributed by atoms with E-state index in [-0.39, 0.29) is 5.78 Å². The summed E-state index contributed by atoms with van der Waals surface area (Å²) >= 11 is 0. The lowest BCUT2D eigenvalue weighted by atomic mass is 10.0. The van der Waals surface area contributed by atoms with Crippen LogP contribution in [0.4, 0.5) is 0 Å². The first-order valence-corrected chi connectivity index (χ1v) is 7.77. The van der Waals surface area contributed by atoms with Gasteiger partial charge in [-0.1, -0.05) is 66.6 Å². The highest BCUT2D eigenvalue weighted by atomic mass is 16.1. The molecule has 0 amide bonds. The largest absolute Gasteiger partial charge is 0.294 e. The second kappa shape index (κ2) is 8.99. The van der Waals surface area contributed by atoms with Crippen molar-refractivity contribution in [2.75, 3.05) is 0 Å². The molecule has 0 atom stereocenters. The van der Waals surface area contributed by atoms with E-state index in [0.717, 1.165) is 11.1 Å². The van der Waals surface area contributed by atoms with Crippen molar-refractivity contribution in [3.05, 3.63) is 76.4 Å². The minimum absolute atomic E-state index is 0.208. The van der Waals surface area contributed by atoms with Crippen molar-refractivity contribution in [1.82, 2.24) is 0 Å². The first kappa shape index (κ1) is 17.9. The van der Waals surface area contributed by atoms with Crippen LogP contribution in [0.1, 0.15) is 52.9 Å². The van der Waals surface area contributed by atoms with Gasteiger partial charge in [0, 0.05) is 12.0 Å². The smallest absolute Gasteiger partial charge is 0.162 e. The quantitative estimate of drug-likeness (QED) is 0.642. The highest BCUT2D eigenvalue weighted by Crippen LogP contribution is 2.14. The van der Waals surface area contributed by atoms with Gasteiger partial charge in [-0.3, -0.25) is 4.79 Å². The molecule has 0 fully saturated rings. The lowest BCUT2D eigenvalue weighted by Gasteiger charge is -2.03. The predicted octanol–water partition coefficient (Wildman–Crippen LogP) is 5.92. The molecule has 0 unspecified atom stereocenters. The van der Waals surface area contributed by atoms with Crippen LogP contribution in [0.3, 0.4) is 0 Å². The molecule has 0 N–H and O–H groups in total. The van der Waals surface area contributed by atoms with E-state index in [1.807, 2.05) is 45.0 Å². The molecule has 0 aliphatic heterocycles. The topological polar surface area (TPSA) is 17.1 Å². The number of aryl methyl sites for hydroxylation is 3. The van der Waals surface area contributed by atoms with E-state index in [1.165, 1.54) is 16.7 Å². The number of carbonyl (C=O) groups is 1. The first-order chi connectivity index (χ1) is 10.5. The summed E-state index contributed by atoms with van der Waals surface area (Å²) in [5, 5.41) is 0. The van der Waals surface area contributed by atoms with E-state index in [1.54, 1.807) is 0 Å². The van der Waals surface area contributed by atoms with Crippen LogP contribution in [0.15, 0.2) is 48.5 Å². The second-order valence-electron chi connectivity index (χ2n) is 5.50. The van der Waals surface area contributed by atoms with E-state index in [2.05, 4.69) is 44.2 Å². The van der Waals surface area contributed by atoms with Gasteiger partial charge >= 0.3 is 0 Å². The average molecular weight is 294 g/mol. The molecule has 2 aromatic carbocycles. The van der Waals surface area contributed by atoms with Gasteiger partial charge in [0.2, 0.25) is 0 Å². The fourth-order valence-electron chi connectivity index (χ4n) is 2.06. The van der Waals surface area contributed by atoms with Crippen molar-refractivity contribution in [2.45, 2.75) is 41.0 Å². The molecule has 1 heteroatoms. The minimum Gasteiger partial charge on any atom is -0.294 e. The lowest BCUT2D eigenvalue weighted by molar-refractivity contribution is 0.0988. The molecule has 22 heavy (non-hydrogen) atoms. The van der Waals surface area contributed by atoms with Crippen molar-refractivity contribution in [3.8, 4) is 0 Å². The SMILES string of the molecule is C/C=C\c1ccc(C(=O)CC)cc1C.Cc1ccc(C)cc1. The van der Waals surface area contributed by atoms with Crippen LogP contribution in [0.25, 0.3) is 6.08 Å². The molecule has 0 bridgehead atoms. The minimum atomic E-state index is 0.208. The Labute approximate surface area is 134 Å². The van der Waals surface area contributed by atoms with Crippen molar-refractivity contribution in [3.63, 3.8) is 0 Å². The molecule has 1 nitrogen and oxygen atoms in total. The average Bonchev–Trinajstić information content (AvgIpc) is 2.52. The standard InChI is InChI=1S/C13H16O.C8H10/c1-4-6-11-7-8-12(9-10(11)3)13(14)5-2;1-7-3-5-8(2)6-4-7/h4,6-9H,5H2,1-3H3;3-6H,1-2H3/b6-4-;. The molecule has 0 aromatic heterocycles. The highest BCUT2D eigenvalue weighted by molar-refractivity contribution is 5.96. The molecule has 0 aliphatic carbocycles. The van der Waals surface area contributed by atoms with Gasteiger partial charge in [0.05, 0.1) is 0 Å². The number of ketones is 1. The maximum atomic E-state index is 11.4. The zero-order valence-corrected chi connectivity index (χ0v) is 14.3. The number of allylic oxidation sites excluding steroid dienone is 1. The molecule has 0 spiro atoms. The number of hydrogen-bond donors (Lipinski definition) is 0. The van der Waals surface area contributed by atoms with Crippen LogP contribution in [-0.2, 0) is 0 Å². The third-order valence-electron chi connectivity index (χ3n) is 3.48. The summed E-state index contributed by atoms with van der Waals surface area (Å²) in [5.74, 6) is 0.208. The van der Waals surface area contributed by atoms with Gasteiger partial charge in [0.25, 0.3) is 0 Å². The number of Topliss-reactive ketones (excluding diaryl/α,β-unsaturated/α-hetero) is 1. The maximum absolute atomic E-state index is 11.4. The van der Waals surface area contributed by atoms with E-state index in [9.17, 15) is 4.79 Å². The Hall–Kier alpha value is -2.15. The van der Waals surface area contributed by atoms with Crippen molar-refractivity contribution in [1.29, 1.82) is 0 Å². The summed E-state index contributed by atoms with van der Waals surface area (Å²) in [5.41, 5.74) is 5.81.